The number of carbonyl (C=O) groups excluding carboxylic acids is 1. The maximum Gasteiger partial charge on any atom is 0.200 e. The third kappa shape index (κ3) is 1.93. The van der Waals surface area contributed by atoms with E-state index >= 15 is 0 Å². The molecule has 0 aliphatic rings. The lowest BCUT2D eigenvalue weighted by atomic mass is 9.99. The number of rotatable bonds is 2. The van der Waals surface area contributed by atoms with Crippen molar-refractivity contribution in [1.82, 2.24) is 0 Å². The minimum absolute atomic E-state index is 0.258. The third-order valence-corrected chi connectivity index (χ3v) is 4.20. The highest BCUT2D eigenvalue weighted by molar-refractivity contribution is 7.17. The molecule has 0 aliphatic heterocycles. The number of thiophene rings is 1. The number of fused-ring (bicyclic) bond motifs is 1. The molecule has 1 nitrogen and oxygen atoms in total. The second-order valence-electron chi connectivity index (χ2n) is 4.53. The summed E-state index contributed by atoms with van der Waals surface area (Å²) in [6.45, 7) is 1.51. The number of carbonyl (C=O) groups is 1. The van der Waals surface area contributed by atoms with Gasteiger partial charge in [-0.3, -0.25) is 4.79 Å². The van der Waals surface area contributed by atoms with Crippen LogP contribution >= 0.6 is 11.3 Å². The Kier molecular flexibility index (Phi) is 3.10. The highest BCUT2D eigenvalue weighted by atomic mass is 32.1. The Labute approximate surface area is 118 Å². The lowest BCUT2D eigenvalue weighted by molar-refractivity contribution is 0.103. The van der Waals surface area contributed by atoms with Crippen molar-refractivity contribution in [3.8, 4) is 0 Å². The van der Waals surface area contributed by atoms with Crippen molar-refractivity contribution in [3.05, 3.63) is 70.1 Å². The van der Waals surface area contributed by atoms with E-state index in [2.05, 4.69) is 0 Å². The van der Waals surface area contributed by atoms with E-state index in [1.54, 1.807) is 12.1 Å². The quantitative estimate of drug-likeness (QED) is 0.624. The molecule has 0 fully saturated rings. The largest absolute Gasteiger partial charge is 0.288 e. The summed E-state index contributed by atoms with van der Waals surface area (Å²) >= 11 is 1.39. The number of aryl methyl sites for hydroxylation is 1. The third-order valence-electron chi connectivity index (χ3n) is 3.23. The highest BCUT2D eigenvalue weighted by Crippen LogP contribution is 2.28. The summed E-state index contributed by atoms with van der Waals surface area (Å²) < 4.78 is 28.7. The van der Waals surface area contributed by atoms with Crippen LogP contribution in [-0.4, -0.2) is 5.78 Å². The fourth-order valence-corrected chi connectivity index (χ4v) is 3.08. The standard InChI is InChI=1S/C16H10F2OS/c1-9-5-6-12(17)13(14(9)18)15(19)11-4-2-3-10-7-8-20-16(10)11/h2-8H,1H3. The lowest BCUT2D eigenvalue weighted by Gasteiger charge is -2.07. The van der Waals surface area contributed by atoms with Crippen molar-refractivity contribution in [3.63, 3.8) is 0 Å². The van der Waals surface area contributed by atoms with Gasteiger partial charge in [-0.05, 0) is 41.5 Å². The smallest absolute Gasteiger partial charge is 0.200 e. The molecule has 0 bridgehead atoms. The first-order valence-electron chi connectivity index (χ1n) is 6.05. The van der Waals surface area contributed by atoms with E-state index in [1.807, 2.05) is 17.5 Å². The van der Waals surface area contributed by atoms with Crippen molar-refractivity contribution in [2.24, 2.45) is 0 Å². The van der Waals surface area contributed by atoms with Crippen LogP contribution in [0.3, 0.4) is 0 Å². The van der Waals surface area contributed by atoms with Gasteiger partial charge >= 0.3 is 0 Å². The Morgan fingerprint density at radius 2 is 1.90 bits per heavy atom. The summed E-state index contributed by atoms with van der Waals surface area (Å²) in [7, 11) is 0. The molecule has 3 aromatic rings. The minimum Gasteiger partial charge on any atom is -0.288 e. The van der Waals surface area contributed by atoms with Gasteiger partial charge in [0.05, 0.1) is 5.56 Å². The summed E-state index contributed by atoms with van der Waals surface area (Å²) in [5.74, 6) is -2.23. The Bertz CT molecular complexity index is 820. The number of benzene rings is 2. The van der Waals surface area contributed by atoms with Crippen molar-refractivity contribution in [2.45, 2.75) is 6.92 Å². The van der Waals surface area contributed by atoms with E-state index in [9.17, 15) is 13.6 Å². The maximum atomic E-state index is 14.1. The molecule has 3 rings (SSSR count). The molecule has 4 heteroatoms. The summed E-state index contributed by atoms with van der Waals surface area (Å²) in [6.07, 6.45) is 0. The molecule has 0 spiro atoms. The van der Waals surface area contributed by atoms with Crippen molar-refractivity contribution < 1.29 is 13.6 Å². The molecule has 100 valence electrons. The molecule has 0 saturated carbocycles. The average molecular weight is 288 g/mol. The molecule has 0 amide bonds. The van der Waals surface area contributed by atoms with E-state index in [0.717, 1.165) is 16.2 Å². The fraction of sp³-hybridized carbons (Fsp3) is 0.0625. The molecule has 0 aliphatic carbocycles. The minimum atomic E-state index is -0.827. The van der Waals surface area contributed by atoms with Crippen molar-refractivity contribution >= 4 is 27.2 Å². The molecule has 0 atom stereocenters. The van der Waals surface area contributed by atoms with Gasteiger partial charge in [0.25, 0.3) is 0 Å². The summed E-state index contributed by atoms with van der Waals surface area (Å²) in [5.41, 5.74) is 0.111. The second-order valence-corrected chi connectivity index (χ2v) is 5.44. The monoisotopic (exact) mass is 288 g/mol. The van der Waals surface area contributed by atoms with Crippen LogP contribution in [0.5, 0.6) is 0 Å². The van der Waals surface area contributed by atoms with Gasteiger partial charge in [0, 0.05) is 10.3 Å². The summed E-state index contributed by atoms with van der Waals surface area (Å²) in [6, 6.07) is 9.51. The van der Waals surface area contributed by atoms with E-state index in [4.69, 9.17) is 0 Å². The first kappa shape index (κ1) is 12.9. The SMILES string of the molecule is Cc1ccc(F)c(C(=O)c2cccc3ccsc23)c1F. The van der Waals surface area contributed by atoms with Gasteiger partial charge < -0.3 is 0 Å². The Morgan fingerprint density at radius 1 is 1.10 bits per heavy atom. The van der Waals surface area contributed by atoms with Crippen LogP contribution in [-0.2, 0) is 0 Å². The number of halogens is 2. The molecule has 2 aromatic carbocycles. The van der Waals surface area contributed by atoms with E-state index in [-0.39, 0.29) is 5.56 Å². The summed E-state index contributed by atoms with van der Waals surface area (Å²) in [4.78, 5) is 12.5. The zero-order chi connectivity index (χ0) is 14.3. The van der Waals surface area contributed by atoms with Gasteiger partial charge in [0.1, 0.15) is 11.6 Å². The Hall–Kier alpha value is -2.07. The van der Waals surface area contributed by atoms with Crippen LogP contribution in [0.1, 0.15) is 21.5 Å². The van der Waals surface area contributed by atoms with E-state index in [1.165, 1.54) is 24.3 Å². The second kappa shape index (κ2) is 4.80. The predicted octanol–water partition coefficient (Wildman–Crippen LogP) is 4.72. The van der Waals surface area contributed by atoms with Crippen LogP contribution in [0, 0.1) is 18.6 Å². The number of hydrogen-bond donors (Lipinski definition) is 0. The molecule has 1 heterocycles. The van der Waals surface area contributed by atoms with Crippen molar-refractivity contribution in [1.29, 1.82) is 0 Å². The average Bonchev–Trinajstić information content (AvgIpc) is 2.91. The predicted molar refractivity (Wildman–Crippen MR) is 76.4 cm³/mol. The van der Waals surface area contributed by atoms with Gasteiger partial charge in [-0.25, -0.2) is 8.78 Å². The molecular formula is C16H10F2OS. The maximum absolute atomic E-state index is 14.1. The molecule has 0 radical (unpaired) electrons. The van der Waals surface area contributed by atoms with Crippen LogP contribution < -0.4 is 0 Å². The molecule has 20 heavy (non-hydrogen) atoms. The fourth-order valence-electron chi connectivity index (χ4n) is 2.17. The topological polar surface area (TPSA) is 17.1 Å². The first-order chi connectivity index (χ1) is 9.59. The number of ketones is 1. The van der Waals surface area contributed by atoms with Gasteiger partial charge in [0.2, 0.25) is 0 Å². The molecule has 1 aromatic heterocycles. The van der Waals surface area contributed by atoms with Gasteiger partial charge in [-0.1, -0.05) is 18.2 Å². The van der Waals surface area contributed by atoms with Crippen molar-refractivity contribution in [2.75, 3.05) is 0 Å². The zero-order valence-corrected chi connectivity index (χ0v) is 11.4. The highest BCUT2D eigenvalue weighted by Gasteiger charge is 2.22. The van der Waals surface area contributed by atoms with Crippen LogP contribution in [0.2, 0.25) is 0 Å². The van der Waals surface area contributed by atoms with Gasteiger partial charge in [-0.15, -0.1) is 11.3 Å². The normalized spacial score (nSPS) is 10.9. The zero-order valence-electron chi connectivity index (χ0n) is 10.6. The van der Waals surface area contributed by atoms with Gasteiger partial charge in [-0.2, -0.15) is 0 Å². The molecule has 0 N–H and O–H groups in total. The lowest BCUT2D eigenvalue weighted by Crippen LogP contribution is -2.09. The molecule has 0 saturated heterocycles. The molecule has 0 unspecified atom stereocenters. The Balaban J connectivity index is 2.24. The number of hydrogen-bond acceptors (Lipinski definition) is 2. The Morgan fingerprint density at radius 3 is 2.70 bits per heavy atom. The van der Waals surface area contributed by atoms with Crippen LogP contribution in [0.4, 0.5) is 8.78 Å². The van der Waals surface area contributed by atoms with E-state index < -0.39 is 23.0 Å². The van der Waals surface area contributed by atoms with Crippen LogP contribution in [0.15, 0.2) is 41.8 Å². The van der Waals surface area contributed by atoms with Gasteiger partial charge in [0.15, 0.2) is 5.78 Å². The van der Waals surface area contributed by atoms with E-state index in [0.29, 0.717) is 5.56 Å². The molecular weight excluding hydrogens is 278 g/mol. The summed E-state index contributed by atoms with van der Waals surface area (Å²) in [5, 5.41) is 2.75. The van der Waals surface area contributed by atoms with Crippen LogP contribution in [0.25, 0.3) is 10.1 Å². The first-order valence-corrected chi connectivity index (χ1v) is 6.93.